The summed E-state index contributed by atoms with van der Waals surface area (Å²) >= 11 is 1.88. The summed E-state index contributed by atoms with van der Waals surface area (Å²) in [4.78, 5) is 7.25. The Morgan fingerprint density at radius 2 is 2.06 bits per heavy atom. The van der Waals surface area contributed by atoms with Gasteiger partial charge in [-0.1, -0.05) is 32.0 Å². The van der Waals surface area contributed by atoms with Gasteiger partial charge >= 0.3 is 0 Å². The van der Waals surface area contributed by atoms with Crippen molar-refractivity contribution < 1.29 is 0 Å². The molecule has 1 unspecified atom stereocenters. The van der Waals surface area contributed by atoms with Crippen LogP contribution in [0.4, 0.5) is 0 Å². The zero-order valence-electron chi connectivity index (χ0n) is 12.0. The molecule has 1 fully saturated rings. The summed E-state index contributed by atoms with van der Waals surface area (Å²) in [6, 6.07) is 0.510. The summed E-state index contributed by atoms with van der Waals surface area (Å²) in [5.74, 6) is 1.18. The van der Waals surface area contributed by atoms with E-state index >= 15 is 0 Å². The predicted octanol–water partition coefficient (Wildman–Crippen LogP) is 2.58. The van der Waals surface area contributed by atoms with Gasteiger partial charge in [0.25, 0.3) is 0 Å². The topological polar surface area (TPSA) is 27.6 Å². The van der Waals surface area contributed by atoms with Crippen LogP contribution in [0.1, 0.15) is 40.0 Å². The highest BCUT2D eigenvalue weighted by atomic mass is 32.2. The van der Waals surface area contributed by atoms with Crippen molar-refractivity contribution in [3.8, 4) is 0 Å². The maximum atomic E-state index is 4.67. The van der Waals surface area contributed by atoms with Gasteiger partial charge in [0.15, 0.2) is 5.17 Å². The van der Waals surface area contributed by atoms with Gasteiger partial charge in [-0.15, -0.1) is 0 Å². The molecule has 104 valence electrons. The number of nitrogens with zero attached hydrogens (tertiary/aromatic N) is 2. The summed E-state index contributed by atoms with van der Waals surface area (Å²) in [5.41, 5.74) is 0.367. The van der Waals surface area contributed by atoms with Gasteiger partial charge in [-0.2, -0.15) is 0 Å². The van der Waals surface area contributed by atoms with Gasteiger partial charge in [-0.3, -0.25) is 4.99 Å². The van der Waals surface area contributed by atoms with E-state index in [4.69, 9.17) is 0 Å². The Morgan fingerprint density at radius 1 is 1.33 bits per heavy atom. The van der Waals surface area contributed by atoms with Crippen LogP contribution < -0.4 is 5.32 Å². The molecular formula is C14H27N3S. The Morgan fingerprint density at radius 3 is 2.67 bits per heavy atom. The first kappa shape index (κ1) is 14.2. The minimum Gasteiger partial charge on any atom is -0.361 e. The highest BCUT2D eigenvalue weighted by molar-refractivity contribution is 8.13. The van der Waals surface area contributed by atoms with Gasteiger partial charge < -0.3 is 10.2 Å². The van der Waals surface area contributed by atoms with Crippen LogP contribution in [-0.4, -0.2) is 48.0 Å². The molecule has 4 heteroatoms. The van der Waals surface area contributed by atoms with Gasteiger partial charge in [0.2, 0.25) is 0 Å². The van der Waals surface area contributed by atoms with E-state index in [0.29, 0.717) is 11.5 Å². The summed E-state index contributed by atoms with van der Waals surface area (Å²) in [7, 11) is 0. The van der Waals surface area contributed by atoms with E-state index in [1.807, 2.05) is 11.8 Å². The average Bonchev–Trinajstić information content (AvgIpc) is 2.33. The second kappa shape index (κ2) is 6.29. The SMILES string of the molecule is CC(CN1CCCCC1)NC1=NCC(C)(C)CS1. The largest absolute Gasteiger partial charge is 0.361 e. The van der Waals surface area contributed by atoms with Crippen molar-refractivity contribution in [1.29, 1.82) is 0 Å². The zero-order chi connectivity index (χ0) is 13.0. The molecule has 0 aromatic heterocycles. The van der Waals surface area contributed by atoms with Crippen LogP contribution >= 0.6 is 11.8 Å². The van der Waals surface area contributed by atoms with Crippen LogP contribution in [0.2, 0.25) is 0 Å². The van der Waals surface area contributed by atoms with E-state index in [9.17, 15) is 0 Å². The molecule has 1 atom stereocenters. The lowest BCUT2D eigenvalue weighted by molar-refractivity contribution is 0.215. The van der Waals surface area contributed by atoms with E-state index in [1.165, 1.54) is 38.1 Å². The molecule has 1 N–H and O–H groups in total. The fourth-order valence-electron chi connectivity index (χ4n) is 2.51. The van der Waals surface area contributed by atoms with Crippen LogP contribution in [0.5, 0.6) is 0 Å². The van der Waals surface area contributed by atoms with Crippen molar-refractivity contribution in [1.82, 2.24) is 10.2 Å². The van der Waals surface area contributed by atoms with Gasteiger partial charge in [-0.25, -0.2) is 0 Å². The van der Waals surface area contributed by atoms with Crippen molar-refractivity contribution >= 4 is 16.9 Å². The monoisotopic (exact) mass is 269 g/mol. The number of thioether (sulfide) groups is 1. The van der Waals surface area contributed by atoms with E-state index in [0.717, 1.165) is 18.3 Å². The maximum Gasteiger partial charge on any atom is 0.156 e. The number of hydrogen-bond donors (Lipinski definition) is 1. The van der Waals surface area contributed by atoms with Crippen LogP contribution in [0.25, 0.3) is 0 Å². The molecule has 0 aromatic carbocycles. The molecule has 1 saturated heterocycles. The molecule has 0 aliphatic carbocycles. The highest BCUT2D eigenvalue weighted by Crippen LogP contribution is 2.27. The van der Waals surface area contributed by atoms with Crippen molar-refractivity contribution in [2.45, 2.75) is 46.1 Å². The number of hydrogen-bond acceptors (Lipinski definition) is 4. The molecule has 0 spiro atoms. The van der Waals surface area contributed by atoms with E-state index in [2.05, 4.69) is 36.0 Å². The van der Waals surface area contributed by atoms with E-state index < -0.39 is 0 Å². The minimum atomic E-state index is 0.367. The van der Waals surface area contributed by atoms with Gasteiger partial charge in [0, 0.05) is 24.9 Å². The molecule has 0 bridgehead atoms. The second-order valence-corrected chi connectivity index (χ2v) is 7.44. The maximum absolute atomic E-state index is 4.67. The first-order chi connectivity index (χ1) is 8.55. The Bertz CT molecular complexity index is 295. The van der Waals surface area contributed by atoms with Crippen LogP contribution in [-0.2, 0) is 0 Å². The lowest BCUT2D eigenvalue weighted by atomic mass is 9.97. The van der Waals surface area contributed by atoms with E-state index in [-0.39, 0.29) is 0 Å². The fourth-order valence-corrected chi connectivity index (χ4v) is 3.57. The average molecular weight is 269 g/mol. The molecule has 2 aliphatic rings. The summed E-state index contributed by atoms with van der Waals surface area (Å²) < 4.78 is 0. The normalized spacial score (nSPS) is 26.5. The number of rotatable bonds is 3. The first-order valence-electron chi connectivity index (χ1n) is 7.21. The third-order valence-electron chi connectivity index (χ3n) is 3.60. The molecule has 2 aliphatic heterocycles. The van der Waals surface area contributed by atoms with Crippen molar-refractivity contribution in [3.63, 3.8) is 0 Å². The summed E-state index contributed by atoms with van der Waals surface area (Å²) in [6.07, 6.45) is 4.16. The molecule has 18 heavy (non-hydrogen) atoms. The third kappa shape index (κ3) is 4.47. The van der Waals surface area contributed by atoms with Crippen molar-refractivity contribution in [3.05, 3.63) is 0 Å². The molecule has 2 rings (SSSR count). The predicted molar refractivity (Wildman–Crippen MR) is 81.4 cm³/mol. The number of likely N-dealkylation sites (tertiary alicyclic amines) is 1. The molecule has 0 aromatic rings. The quantitative estimate of drug-likeness (QED) is 0.853. The Hall–Kier alpha value is -0.220. The number of aliphatic imine (C=N–C) groups is 1. The Balaban J connectivity index is 1.74. The summed E-state index contributed by atoms with van der Waals surface area (Å²) in [6.45, 7) is 11.5. The standard InChI is InChI=1S/C14H27N3S/c1-12(9-17-7-5-4-6-8-17)16-13-15-10-14(2,3)11-18-13/h12H,4-11H2,1-3H3,(H,15,16). The molecular weight excluding hydrogens is 242 g/mol. The van der Waals surface area contributed by atoms with E-state index in [1.54, 1.807) is 0 Å². The summed E-state index contributed by atoms with van der Waals surface area (Å²) in [5, 5.41) is 4.73. The van der Waals surface area contributed by atoms with Crippen LogP contribution in [0.3, 0.4) is 0 Å². The first-order valence-corrected chi connectivity index (χ1v) is 8.20. The molecule has 2 heterocycles. The lowest BCUT2D eigenvalue weighted by Gasteiger charge is -2.32. The van der Waals surface area contributed by atoms with Gasteiger partial charge in [0.1, 0.15) is 0 Å². The fraction of sp³-hybridized carbons (Fsp3) is 0.929. The van der Waals surface area contributed by atoms with Crippen LogP contribution in [0, 0.1) is 5.41 Å². The lowest BCUT2D eigenvalue weighted by Crippen LogP contribution is -2.44. The molecule has 0 amide bonds. The molecule has 0 saturated carbocycles. The number of nitrogens with one attached hydrogen (secondary N) is 1. The second-order valence-electron chi connectivity index (χ2n) is 6.48. The smallest absolute Gasteiger partial charge is 0.156 e. The van der Waals surface area contributed by atoms with Gasteiger partial charge in [0.05, 0.1) is 0 Å². The zero-order valence-corrected chi connectivity index (χ0v) is 12.9. The highest BCUT2D eigenvalue weighted by Gasteiger charge is 2.24. The Kier molecular flexibility index (Phi) is 4.96. The van der Waals surface area contributed by atoms with Gasteiger partial charge in [-0.05, 0) is 38.3 Å². The third-order valence-corrected chi connectivity index (χ3v) is 5.05. The van der Waals surface area contributed by atoms with Crippen LogP contribution in [0.15, 0.2) is 4.99 Å². The number of piperidine rings is 1. The number of amidine groups is 1. The minimum absolute atomic E-state index is 0.367. The Labute approximate surface area is 116 Å². The molecule has 3 nitrogen and oxygen atoms in total. The molecule has 0 radical (unpaired) electrons. The van der Waals surface area contributed by atoms with Crippen molar-refractivity contribution in [2.75, 3.05) is 31.9 Å². The van der Waals surface area contributed by atoms with Crippen molar-refractivity contribution in [2.24, 2.45) is 10.4 Å².